The number of rotatable bonds is 4. The van der Waals surface area contributed by atoms with Gasteiger partial charge in [0.1, 0.15) is 22.7 Å². The molecule has 0 aliphatic rings. The Morgan fingerprint density at radius 3 is 2.64 bits per heavy atom. The molecule has 0 N–H and O–H groups in total. The summed E-state index contributed by atoms with van der Waals surface area (Å²) in [7, 11) is 2.04. The van der Waals surface area contributed by atoms with Gasteiger partial charge in [-0.15, -0.1) is 11.3 Å². The third kappa shape index (κ3) is 2.89. The van der Waals surface area contributed by atoms with E-state index in [0.717, 1.165) is 33.1 Å². The zero-order valence-electron chi connectivity index (χ0n) is 14.4. The maximum absolute atomic E-state index is 5.27. The molecule has 3 heterocycles. The van der Waals surface area contributed by atoms with E-state index in [0.29, 0.717) is 6.54 Å². The van der Waals surface area contributed by atoms with Crippen LogP contribution < -0.4 is 4.90 Å². The fraction of sp³-hybridized carbons (Fsp3) is 0.211. The fourth-order valence-corrected chi connectivity index (χ4v) is 3.93. The average molecular weight is 350 g/mol. The highest BCUT2D eigenvalue weighted by atomic mass is 32.1. The van der Waals surface area contributed by atoms with Crippen LogP contribution in [0.4, 0.5) is 5.82 Å². The van der Waals surface area contributed by atoms with Crippen LogP contribution in [0.2, 0.25) is 0 Å². The van der Waals surface area contributed by atoms with Crippen LogP contribution in [0.5, 0.6) is 0 Å². The van der Waals surface area contributed by atoms with E-state index in [1.54, 1.807) is 17.7 Å². The maximum atomic E-state index is 5.27. The van der Waals surface area contributed by atoms with Crippen LogP contribution >= 0.6 is 11.3 Å². The molecule has 0 amide bonds. The lowest BCUT2D eigenvalue weighted by Gasteiger charge is -2.18. The van der Waals surface area contributed by atoms with Gasteiger partial charge in [-0.1, -0.05) is 35.5 Å². The zero-order chi connectivity index (χ0) is 17.4. The Bertz CT molecular complexity index is 1000. The first-order valence-corrected chi connectivity index (χ1v) is 8.88. The summed E-state index contributed by atoms with van der Waals surface area (Å²) in [6, 6.07) is 12.5. The zero-order valence-corrected chi connectivity index (χ0v) is 15.2. The summed E-state index contributed by atoms with van der Waals surface area (Å²) >= 11 is 1.69. The molecule has 0 bridgehead atoms. The van der Waals surface area contributed by atoms with Crippen LogP contribution in [0.1, 0.15) is 17.0 Å². The highest BCUT2D eigenvalue weighted by Crippen LogP contribution is 2.36. The monoisotopic (exact) mass is 350 g/mol. The first kappa shape index (κ1) is 15.8. The van der Waals surface area contributed by atoms with Crippen molar-refractivity contribution in [2.45, 2.75) is 20.4 Å². The maximum Gasteiger partial charge on any atom is 0.140 e. The molecule has 0 unspecified atom stereocenters. The quantitative estimate of drug-likeness (QED) is 0.538. The second kappa shape index (κ2) is 6.29. The van der Waals surface area contributed by atoms with Crippen molar-refractivity contribution >= 4 is 27.4 Å². The number of benzene rings is 1. The van der Waals surface area contributed by atoms with Gasteiger partial charge in [-0.3, -0.25) is 0 Å². The summed E-state index contributed by atoms with van der Waals surface area (Å²) < 4.78 is 5.27. The Kier molecular flexibility index (Phi) is 3.97. The molecule has 5 nitrogen and oxygen atoms in total. The minimum atomic E-state index is 0.698. The Hall–Kier alpha value is -2.73. The van der Waals surface area contributed by atoms with Crippen molar-refractivity contribution in [2.24, 2.45) is 0 Å². The van der Waals surface area contributed by atoms with Gasteiger partial charge in [0.05, 0.1) is 11.1 Å². The first-order valence-electron chi connectivity index (χ1n) is 8.06. The molecular formula is C19H18N4OS. The molecule has 25 heavy (non-hydrogen) atoms. The number of nitrogens with zero attached hydrogens (tertiary/aromatic N) is 4. The Morgan fingerprint density at radius 2 is 1.92 bits per heavy atom. The summed E-state index contributed by atoms with van der Waals surface area (Å²) in [5.41, 5.74) is 3.22. The second-order valence-electron chi connectivity index (χ2n) is 6.05. The molecule has 0 saturated heterocycles. The predicted octanol–water partition coefficient (Wildman–Crippen LogP) is 4.60. The molecule has 0 atom stereocenters. The number of hydrogen-bond acceptors (Lipinski definition) is 6. The van der Waals surface area contributed by atoms with Crippen molar-refractivity contribution in [1.29, 1.82) is 0 Å². The number of thiophene rings is 1. The van der Waals surface area contributed by atoms with E-state index in [9.17, 15) is 0 Å². The largest absolute Gasteiger partial charge is 0.361 e. The fourth-order valence-electron chi connectivity index (χ4n) is 2.93. The van der Waals surface area contributed by atoms with Gasteiger partial charge >= 0.3 is 0 Å². The number of hydrogen-bond donors (Lipinski definition) is 0. The summed E-state index contributed by atoms with van der Waals surface area (Å²) in [5, 5.41) is 5.11. The van der Waals surface area contributed by atoms with E-state index in [4.69, 9.17) is 4.52 Å². The van der Waals surface area contributed by atoms with Gasteiger partial charge < -0.3 is 9.42 Å². The van der Waals surface area contributed by atoms with Crippen LogP contribution in [0.15, 0.2) is 47.2 Å². The molecule has 0 aliphatic carbocycles. The molecule has 0 spiro atoms. The summed E-state index contributed by atoms with van der Waals surface area (Å²) in [6.07, 6.45) is 1.63. The highest BCUT2D eigenvalue weighted by Gasteiger charge is 2.16. The highest BCUT2D eigenvalue weighted by molar-refractivity contribution is 7.21. The van der Waals surface area contributed by atoms with E-state index in [2.05, 4.69) is 50.4 Å². The van der Waals surface area contributed by atoms with Crippen molar-refractivity contribution < 1.29 is 4.52 Å². The second-order valence-corrected chi connectivity index (χ2v) is 7.08. The Morgan fingerprint density at radius 1 is 1.12 bits per heavy atom. The van der Waals surface area contributed by atoms with Crippen molar-refractivity contribution in [3.63, 3.8) is 0 Å². The molecule has 3 aromatic heterocycles. The van der Waals surface area contributed by atoms with Crippen molar-refractivity contribution in [3.05, 3.63) is 59.7 Å². The topological polar surface area (TPSA) is 55.1 Å². The Labute approximate surface area is 149 Å². The van der Waals surface area contributed by atoms with Gasteiger partial charge in [-0.05, 0) is 25.5 Å². The number of aryl methyl sites for hydroxylation is 2. The van der Waals surface area contributed by atoms with Crippen LogP contribution in [-0.2, 0) is 6.54 Å². The van der Waals surface area contributed by atoms with E-state index in [-0.39, 0.29) is 0 Å². The average Bonchev–Trinajstić information content (AvgIpc) is 3.20. The lowest BCUT2D eigenvalue weighted by atomic mass is 10.1. The molecule has 4 rings (SSSR count). The van der Waals surface area contributed by atoms with Crippen molar-refractivity contribution in [3.8, 4) is 10.4 Å². The molecule has 0 aliphatic heterocycles. The van der Waals surface area contributed by atoms with Gasteiger partial charge in [-0.25, -0.2) is 9.97 Å². The first-order chi connectivity index (χ1) is 12.1. The number of aromatic nitrogens is 3. The molecule has 126 valence electrons. The van der Waals surface area contributed by atoms with Crippen LogP contribution in [-0.4, -0.2) is 22.2 Å². The van der Waals surface area contributed by atoms with E-state index < -0.39 is 0 Å². The molecule has 0 saturated carbocycles. The van der Waals surface area contributed by atoms with Crippen molar-refractivity contribution in [2.75, 3.05) is 11.9 Å². The van der Waals surface area contributed by atoms with Gasteiger partial charge in [0.15, 0.2) is 0 Å². The molecule has 4 aromatic rings. The molecular weight excluding hydrogens is 332 g/mol. The van der Waals surface area contributed by atoms with Gasteiger partial charge in [0, 0.05) is 24.0 Å². The Balaban J connectivity index is 1.73. The molecule has 0 fully saturated rings. The SMILES string of the molecule is Cc1noc(C)c1CN(C)c1ncnc2sc(-c3ccccc3)cc12. The predicted molar refractivity (Wildman–Crippen MR) is 101 cm³/mol. The number of fused-ring (bicyclic) bond motifs is 1. The van der Waals surface area contributed by atoms with Gasteiger partial charge in [0.25, 0.3) is 0 Å². The van der Waals surface area contributed by atoms with Crippen LogP contribution in [0, 0.1) is 13.8 Å². The lowest BCUT2D eigenvalue weighted by molar-refractivity contribution is 0.392. The summed E-state index contributed by atoms with van der Waals surface area (Å²) in [5.74, 6) is 1.77. The van der Waals surface area contributed by atoms with E-state index >= 15 is 0 Å². The van der Waals surface area contributed by atoms with Crippen molar-refractivity contribution in [1.82, 2.24) is 15.1 Å². The van der Waals surface area contributed by atoms with Crippen LogP contribution in [0.3, 0.4) is 0 Å². The summed E-state index contributed by atoms with van der Waals surface area (Å²) in [6.45, 7) is 4.61. The number of anilines is 1. The van der Waals surface area contributed by atoms with Gasteiger partial charge in [0.2, 0.25) is 0 Å². The van der Waals surface area contributed by atoms with Crippen LogP contribution in [0.25, 0.3) is 20.7 Å². The molecule has 0 radical (unpaired) electrons. The standard InChI is InChI=1S/C19H18N4OS/c1-12-16(13(2)24-22-12)10-23(3)18-15-9-17(14-7-5-4-6-8-14)25-19(15)21-11-20-18/h4-9,11H,10H2,1-3H3. The van der Waals surface area contributed by atoms with Gasteiger partial charge in [-0.2, -0.15) is 0 Å². The third-order valence-corrected chi connectivity index (χ3v) is 5.40. The van der Waals surface area contributed by atoms with E-state index in [1.807, 2.05) is 27.0 Å². The lowest BCUT2D eigenvalue weighted by Crippen LogP contribution is -2.18. The molecule has 6 heteroatoms. The minimum Gasteiger partial charge on any atom is -0.361 e. The van der Waals surface area contributed by atoms with E-state index in [1.165, 1.54) is 10.4 Å². The summed E-state index contributed by atoms with van der Waals surface area (Å²) in [4.78, 5) is 13.3. The third-order valence-electron chi connectivity index (χ3n) is 4.30. The smallest absolute Gasteiger partial charge is 0.140 e. The normalized spacial score (nSPS) is 11.2. The minimum absolute atomic E-state index is 0.698. The molecule has 1 aromatic carbocycles.